The van der Waals surface area contributed by atoms with Crippen molar-refractivity contribution in [2.75, 3.05) is 13.2 Å². The van der Waals surface area contributed by atoms with Crippen molar-refractivity contribution in [3.05, 3.63) is 109 Å². The van der Waals surface area contributed by atoms with E-state index in [0.717, 1.165) is 96.3 Å². The van der Waals surface area contributed by atoms with Crippen LogP contribution in [0.15, 0.2) is 109 Å². The van der Waals surface area contributed by atoms with Gasteiger partial charge in [0.1, 0.15) is 13.2 Å². The molecule has 1 atom stereocenters. The topological polar surface area (TPSA) is 78.9 Å². The molecule has 81 heavy (non-hydrogen) atoms. The fraction of sp³-hybridized carbons (Fsp3) is 0.720. The lowest BCUT2D eigenvalue weighted by Gasteiger charge is -2.18. The Morgan fingerprint density at radius 3 is 0.815 bits per heavy atom. The molecule has 0 radical (unpaired) electrons. The van der Waals surface area contributed by atoms with E-state index in [4.69, 9.17) is 14.2 Å². The van der Waals surface area contributed by atoms with Crippen LogP contribution in [0.4, 0.5) is 0 Å². The van der Waals surface area contributed by atoms with Gasteiger partial charge in [-0.3, -0.25) is 14.4 Å². The Balaban J connectivity index is 4.33. The molecule has 0 aliphatic rings. The second-order valence-electron chi connectivity index (χ2n) is 22.7. The lowest BCUT2D eigenvalue weighted by Crippen LogP contribution is -2.30. The Bertz CT molecular complexity index is 1620. The molecule has 0 bridgehead atoms. The summed E-state index contributed by atoms with van der Waals surface area (Å²) in [4.78, 5) is 38.4. The van der Waals surface area contributed by atoms with E-state index in [2.05, 4.69) is 130 Å². The molecule has 0 amide bonds. The first-order valence-corrected chi connectivity index (χ1v) is 34.4. The lowest BCUT2D eigenvalue weighted by atomic mass is 10.0. The maximum Gasteiger partial charge on any atom is 0.306 e. The molecule has 0 aromatic rings. The number of ether oxygens (including phenoxy) is 3. The zero-order valence-corrected chi connectivity index (χ0v) is 53.3. The third kappa shape index (κ3) is 66.8. The second kappa shape index (κ2) is 68.6. The number of carbonyl (C=O) groups is 3. The summed E-state index contributed by atoms with van der Waals surface area (Å²) in [5.74, 6) is -0.959. The maximum atomic E-state index is 12.9. The Morgan fingerprint density at radius 1 is 0.259 bits per heavy atom. The smallest absolute Gasteiger partial charge is 0.306 e. The first kappa shape index (κ1) is 77.1. The predicted molar refractivity (Wildman–Crippen MR) is 353 cm³/mol. The van der Waals surface area contributed by atoms with Crippen molar-refractivity contribution in [1.82, 2.24) is 0 Å². The minimum absolute atomic E-state index is 0.102. The standard InChI is InChI=1S/C75H128O6/c1-4-7-10-13-16-19-22-25-28-31-32-33-34-35-36-37-38-39-40-41-42-45-47-50-53-56-59-62-65-68-74(77)80-71-72(81-75(78)69-66-63-60-57-54-51-48-44-30-27-24-21-18-15-12-9-6-3)70-79-73(76)67-64-61-58-55-52-49-46-43-29-26-23-20-17-14-11-8-5-2/h9,12,17-18,20-22,25-27,29-32,48,51,57,60,72H,4-8,10-11,13-16,19,23-24,28,33-47,49-50,52-56,58-59,61-71H2,1-3H3/b12-9-,20-17-,21-18-,25-22-,29-26-,30-27-,32-31-,51-48-,60-57-. The molecule has 0 saturated heterocycles. The molecule has 0 aromatic carbocycles. The minimum atomic E-state index is -0.814. The van der Waals surface area contributed by atoms with Crippen LogP contribution in [0.25, 0.3) is 0 Å². The third-order valence-corrected chi connectivity index (χ3v) is 14.7. The SMILES string of the molecule is CC/C=C\C/C=C\C/C=C\C/C=C\C/C=C\CCCC(=O)OC(COC(=O)CCCCCCCCC/C=C\C/C=C\CCCCC)COC(=O)CCCCCCCCCCCCCCCCCCC/C=C\C/C=C\CCCCCCC. The molecule has 6 heteroatoms. The van der Waals surface area contributed by atoms with Gasteiger partial charge in [0.25, 0.3) is 0 Å². The first-order chi connectivity index (χ1) is 40.0. The molecule has 0 aliphatic carbocycles. The predicted octanol–water partition coefficient (Wildman–Crippen LogP) is 23.8. The quantitative estimate of drug-likeness (QED) is 0.0261. The largest absolute Gasteiger partial charge is 0.462 e. The summed E-state index contributed by atoms with van der Waals surface area (Å²) < 4.78 is 16.9. The van der Waals surface area contributed by atoms with Gasteiger partial charge in [0.15, 0.2) is 6.10 Å². The van der Waals surface area contributed by atoms with Gasteiger partial charge in [-0.2, -0.15) is 0 Å². The zero-order valence-electron chi connectivity index (χ0n) is 53.3. The number of rotatable bonds is 62. The summed E-state index contributed by atoms with van der Waals surface area (Å²) in [6, 6.07) is 0. The summed E-state index contributed by atoms with van der Waals surface area (Å²) in [5, 5.41) is 0. The number of unbranched alkanes of at least 4 members (excludes halogenated alkanes) is 33. The van der Waals surface area contributed by atoms with Crippen LogP contribution in [0.5, 0.6) is 0 Å². The molecule has 1 unspecified atom stereocenters. The summed E-state index contributed by atoms with van der Waals surface area (Å²) in [6.45, 7) is 6.47. The van der Waals surface area contributed by atoms with E-state index in [9.17, 15) is 14.4 Å². The molecule has 0 aliphatic heterocycles. The van der Waals surface area contributed by atoms with Crippen molar-refractivity contribution in [2.45, 2.75) is 335 Å². The minimum Gasteiger partial charge on any atom is -0.462 e. The van der Waals surface area contributed by atoms with E-state index in [0.29, 0.717) is 19.3 Å². The van der Waals surface area contributed by atoms with Gasteiger partial charge in [0.05, 0.1) is 0 Å². The highest BCUT2D eigenvalue weighted by Gasteiger charge is 2.19. The van der Waals surface area contributed by atoms with Crippen molar-refractivity contribution in [1.29, 1.82) is 0 Å². The van der Waals surface area contributed by atoms with Crippen LogP contribution in [-0.2, 0) is 28.6 Å². The fourth-order valence-corrected chi connectivity index (χ4v) is 9.60. The van der Waals surface area contributed by atoms with Crippen LogP contribution in [0.2, 0.25) is 0 Å². The molecule has 0 fully saturated rings. The molecular weight excluding hydrogens is 997 g/mol. The Labute approximate surface area is 501 Å². The number of allylic oxidation sites excluding steroid dienone is 18. The van der Waals surface area contributed by atoms with Gasteiger partial charge in [-0.25, -0.2) is 0 Å². The fourth-order valence-electron chi connectivity index (χ4n) is 9.60. The van der Waals surface area contributed by atoms with Crippen LogP contribution in [-0.4, -0.2) is 37.2 Å². The van der Waals surface area contributed by atoms with Crippen LogP contribution in [0.3, 0.4) is 0 Å². The first-order valence-electron chi connectivity index (χ1n) is 34.4. The van der Waals surface area contributed by atoms with Gasteiger partial charge in [0.2, 0.25) is 0 Å². The molecule has 0 rings (SSSR count). The number of esters is 3. The Kier molecular flexibility index (Phi) is 65.2. The van der Waals surface area contributed by atoms with E-state index in [-0.39, 0.29) is 37.5 Å². The van der Waals surface area contributed by atoms with E-state index < -0.39 is 6.10 Å². The van der Waals surface area contributed by atoms with Crippen molar-refractivity contribution < 1.29 is 28.6 Å². The molecule has 0 heterocycles. The van der Waals surface area contributed by atoms with Crippen LogP contribution in [0, 0.1) is 0 Å². The highest BCUT2D eigenvalue weighted by molar-refractivity contribution is 5.71. The van der Waals surface area contributed by atoms with Crippen LogP contribution >= 0.6 is 0 Å². The molecule has 0 spiro atoms. The molecular formula is C75H128O6. The van der Waals surface area contributed by atoms with Gasteiger partial charge in [-0.15, -0.1) is 0 Å². The Hall–Kier alpha value is -3.93. The lowest BCUT2D eigenvalue weighted by molar-refractivity contribution is -0.167. The normalized spacial score (nSPS) is 12.8. The Morgan fingerprint density at radius 2 is 0.494 bits per heavy atom. The molecule has 0 saturated carbocycles. The van der Waals surface area contributed by atoms with Gasteiger partial charge in [-0.1, -0.05) is 297 Å². The summed E-state index contributed by atoms with van der Waals surface area (Å²) in [7, 11) is 0. The number of carbonyl (C=O) groups excluding carboxylic acids is 3. The van der Waals surface area contributed by atoms with Crippen molar-refractivity contribution in [2.24, 2.45) is 0 Å². The average molecular weight is 1130 g/mol. The summed E-state index contributed by atoms with van der Waals surface area (Å²) >= 11 is 0. The molecule has 0 aromatic heterocycles. The highest BCUT2D eigenvalue weighted by atomic mass is 16.6. The number of hydrogen-bond donors (Lipinski definition) is 0. The van der Waals surface area contributed by atoms with E-state index in [1.54, 1.807) is 0 Å². The van der Waals surface area contributed by atoms with E-state index >= 15 is 0 Å². The number of hydrogen-bond acceptors (Lipinski definition) is 6. The van der Waals surface area contributed by atoms with E-state index in [1.807, 2.05) is 0 Å². The molecule has 464 valence electrons. The highest BCUT2D eigenvalue weighted by Crippen LogP contribution is 2.17. The summed E-state index contributed by atoms with van der Waals surface area (Å²) in [5.41, 5.74) is 0. The van der Waals surface area contributed by atoms with Crippen molar-refractivity contribution in [3.63, 3.8) is 0 Å². The maximum absolute atomic E-state index is 12.9. The second-order valence-corrected chi connectivity index (χ2v) is 22.7. The van der Waals surface area contributed by atoms with Crippen LogP contribution in [0.1, 0.15) is 329 Å². The van der Waals surface area contributed by atoms with Gasteiger partial charge in [-0.05, 0) is 122 Å². The van der Waals surface area contributed by atoms with E-state index in [1.165, 1.54) is 186 Å². The van der Waals surface area contributed by atoms with Gasteiger partial charge < -0.3 is 14.2 Å². The van der Waals surface area contributed by atoms with Crippen LogP contribution < -0.4 is 0 Å². The monoisotopic (exact) mass is 1120 g/mol. The summed E-state index contributed by atoms with van der Waals surface area (Å²) in [6.07, 6.45) is 94.0. The third-order valence-electron chi connectivity index (χ3n) is 14.7. The molecule has 0 N–H and O–H groups in total. The van der Waals surface area contributed by atoms with Gasteiger partial charge >= 0.3 is 17.9 Å². The average Bonchev–Trinajstić information content (AvgIpc) is 3.47. The van der Waals surface area contributed by atoms with Crippen molar-refractivity contribution >= 4 is 17.9 Å². The van der Waals surface area contributed by atoms with Crippen molar-refractivity contribution in [3.8, 4) is 0 Å². The zero-order chi connectivity index (χ0) is 58.5. The van der Waals surface area contributed by atoms with Gasteiger partial charge in [0, 0.05) is 19.3 Å². The molecule has 6 nitrogen and oxygen atoms in total.